The molecule has 0 unspecified atom stereocenters. The lowest BCUT2D eigenvalue weighted by Gasteiger charge is -2.26. The minimum atomic E-state index is 0.192. The Morgan fingerprint density at radius 3 is 2.46 bits per heavy atom. The van der Waals surface area contributed by atoms with E-state index in [1.807, 2.05) is 6.92 Å². The first-order chi connectivity index (χ1) is 6.33. The molecule has 1 aliphatic carbocycles. The number of alkyl halides is 1. The molecule has 0 aromatic rings. The number of hydrogen-bond acceptors (Lipinski definition) is 2. The Labute approximate surface area is 94.5 Å². The van der Waals surface area contributed by atoms with Crippen molar-refractivity contribution >= 4 is 22.6 Å². The van der Waals surface area contributed by atoms with Crippen LogP contribution in [0.2, 0.25) is 0 Å². The van der Waals surface area contributed by atoms with Crippen molar-refractivity contribution < 1.29 is 9.47 Å². The maximum atomic E-state index is 5.91. The van der Waals surface area contributed by atoms with Crippen LogP contribution < -0.4 is 0 Å². The molecule has 0 atom stereocenters. The fourth-order valence-corrected chi connectivity index (χ4v) is 2.78. The second-order valence-corrected chi connectivity index (χ2v) is 4.33. The highest BCUT2D eigenvalue weighted by Gasteiger charge is 2.33. The van der Waals surface area contributed by atoms with E-state index < -0.39 is 0 Å². The van der Waals surface area contributed by atoms with E-state index in [0.717, 1.165) is 24.2 Å². The van der Waals surface area contributed by atoms with Gasteiger partial charge < -0.3 is 9.47 Å². The molecule has 13 heavy (non-hydrogen) atoms. The van der Waals surface area contributed by atoms with Crippen LogP contribution in [0.5, 0.6) is 0 Å². The van der Waals surface area contributed by atoms with Crippen LogP contribution in [0.1, 0.15) is 32.6 Å². The molecule has 2 nitrogen and oxygen atoms in total. The van der Waals surface area contributed by atoms with Crippen molar-refractivity contribution in [2.45, 2.75) is 38.2 Å². The minimum absolute atomic E-state index is 0.192. The zero-order valence-electron chi connectivity index (χ0n) is 8.35. The molecule has 0 radical (unpaired) electrons. The predicted molar refractivity (Wildman–Crippen MR) is 62.5 cm³/mol. The molecule has 1 saturated carbocycles. The molecular formula is C10H19IO2. The lowest BCUT2D eigenvalue weighted by Crippen LogP contribution is -2.32. The maximum Gasteiger partial charge on any atom is 0.0772 e. The number of ether oxygens (including phenoxy) is 2. The molecule has 0 aliphatic heterocycles. The summed E-state index contributed by atoms with van der Waals surface area (Å²) < 4.78 is 12.3. The Morgan fingerprint density at radius 2 is 1.92 bits per heavy atom. The molecule has 3 heteroatoms. The molecule has 0 spiro atoms. The second-order valence-electron chi connectivity index (χ2n) is 3.57. The van der Waals surface area contributed by atoms with Gasteiger partial charge in [-0.1, -0.05) is 35.4 Å². The zero-order valence-corrected chi connectivity index (χ0v) is 10.5. The standard InChI is InChI=1S/C10H19IO2/c1-2-12-7-8-13-10(9-11)5-3-4-6-10/h2-9H2,1H3. The minimum Gasteiger partial charge on any atom is -0.379 e. The summed E-state index contributed by atoms with van der Waals surface area (Å²) in [6.45, 7) is 4.32. The lowest BCUT2D eigenvalue weighted by atomic mass is 10.1. The van der Waals surface area contributed by atoms with Crippen LogP contribution >= 0.6 is 22.6 Å². The van der Waals surface area contributed by atoms with Crippen LogP contribution in [-0.4, -0.2) is 29.8 Å². The number of hydrogen-bond donors (Lipinski definition) is 0. The summed E-state index contributed by atoms with van der Waals surface area (Å²) in [5, 5.41) is 0. The second kappa shape index (κ2) is 6.19. The third-order valence-electron chi connectivity index (χ3n) is 2.60. The van der Waals surface area contributed by atoms with Gasteiger partial charge in [0.1, 0.15) is 0 Å². The van der Waals surface area contributed by atoms with Gasteiger partial charge in [0.15, 0.2) is 0 Å². The van der Waals surface area contributed by atoms with Crippen molar-refractivity contribution in [3.8, 4) is 0 Å². The van der Waals surface area contributed by atoms with E-state index in [2.05, 4.69) is 22.6 Å². The first-order valence-corrected chi connectivity index (χ1v) is 6.63. The quantitative estimate of drug-likeness (QED) is 0.426. The van der Waals surface area contributed by atoms with Gasteiger partial charge in [-0.3, -0.25) is 0 Å². The Kier molecular flexibility index (Phi) is 5.58. The average Bonchev–Trinajstić information content (AvgIpc) is 2.62. The zero-order chi connectivity index (χ0) is 9.57. The van der Waals surface area contributed by atoms with Crippen LogP contribution in [0.15, 0.2) is 0 Å². The molecule has 78 valence electrons. The van der Waals surface area contributed by atoms with E-state index in [1.165, 1.54) is 25.7 Å². The van der Waals surface area contributed by atoms with Crippen molar-refractivity contribution in [3.63, 3.8) is 0 Å². The molecule has 0 N–H and O–H groups in total. The van der Waals surface area contributed by atoms with Crippen LogP contribution in [0, 0.1) is 0 Å². The molecule has 1 fully saturated rings. The van der Waals surface area contributed by atoms with Crippen LogP contribution in [0.3, 0.4) is 0 Å². The smallest absolute Gasteiger partial charge is 0.0772 e. The fraction of sp³-hybridized carbons (Fsp3) is 1.00. The predicted octanol–water partition coefficient (Wildman–Crippen LogP) is 2.79. The highest BCUT2D eigenvalue weighted by molar-refractivity contribution is 14.1. The Bertz CT molecular complexity index is 133. The van der Waals surface area contributed by atoms with E-state index in [1.54, 1.807) is 0 Å². The molecule has 0 aromatic carbocycles. The van der Waals surface area contributed by atoms with Crippen molar-refractivity contribution in [1.82, 2.24) is 0 Å². The van der Waals surface area contributed by atoms with Crippen molar-refractivity contribution in [3.05, 3.63) is 0 Å². The Balaban J connectivity index is 2.16. The summed E-state index contributed by atoms with van der Waals surface area (Å²) in [5.41, 5.74) is 0.192. The molecule has 0 bridgehead atoms. The van der Waals surface area contributed by atoms with E-state index in [0.29, 0.717) is 0 Å². The summed E-state index contributed by atoms with van der Waals surface area (Å²) in [4.78, 5) is 0. The van der Waals surface area contributed by atoms with Gasteiger partial charge in [-0.25, -0.2) is 0 Å². The van der Waals surface area contributed by atoms with Crippen molar-refractivity contribution in [2.75, 3.05) is 24.2 Å². The van der Waals surface area contributed by atoms with Crippen molar-refractivity contribution in [2.24, 2.45) is 0 Å². The number of halogens is 1. The van der Waals surface area contributed by atoms with Gasteiger partial charge in [-0.2, -0.15) is 0 Å². The monoisotopic (exact) mass is 298 g/mol. The summed E-state index contributed by atoms with van der Waals surface area (Å²) in [6, 6.07) is 0. The normalized spacial score (nSPS) is 20.8. The molecule has 0 aromatic heterocycles. The summed E-state index contributed by atoms with van der Waals surface area (Å²) in [7, 11) is 0. The van der Waals surface area contributed by atoms with E-state index in [9.17, 15) is 0 Å². The van der Waals surface area contributed by atoms with Gasteiger partial charge in [-0.15, -0.1) is 0 Å². The van der Waals surface area contributed by atoms with Crippen molar-refractivity contribution in [1.29, 1.82) is 0 Å². The van der Waals surface area contributed by atoms with Gasteiger partial charge in [0.25, 0.3) is 0 Å². The van der Waals surface area contributed by atoms with Gasteiger partial charge >= 0.3 is 0 Å². The molecule has 1 aliphatic rings. The Hall–Kier alpha value is 0.650. The third kappa shape index (κ3) is 3.72. The summed E-state index contributed by atoms with van der Waals surface area (Å²) in [5.74, 6) is 0. The Morgan fingerprint density at radius 1 is 1.23 bits per heavy atom. The first kappa shape index (κ1) is 11.7. The van der Waals surface area contributed by atoms with Gasteiger partial charge in [0.05, 0.1) is 18.8 Å². The maximum absolute atomic E-state index is 5.91. The van der Waals surface area contributed by atoms with Crippen LogP contribution in [-0.2, 0) is 9.47 Å². The van der Waals surface area contributed by atoms with Crippen LogP contribution in [0.25, 0.3) is 0 Å². The van der Waals surface area contributed by atoms with E-state index in [4.69, 9.17) is 9.47 Å². The average molecular weight is 298 g/mol. The molecule has 0 saturated heterocycles. The highest BCUT2D eigenvalue weighted by Crippen LogP contribution is 2.34. The van der Waals surface area contributed by atoms with E-state index >= 15 is 0 Å². The first-order valence-electron chi connectivity index (χ1n) is 5.11. The van der Waals surface area contributed by atoms with Gasteiger partial charge in [0, 0.05) is 11.0 Å². The van der Waals surface area contributed by atoms with Crippen LogP contribution in [0.4, 0.5) is 0 Å². The summed E-state index contributed by atoms with van der Waals surface area (Å²) >= 11 is 2.44. The largest absolute Gasteiger partial charge is 0.379 e. The topological polar surface area (TPSA) is 18.5 Å². The summed E-state index contributed by atoms with van der Waals surface area (Å²) in [6.07, 6.45) is 5.14. The number of rotatable bonds is 6. The van der Waals surface area contributed by atoms with Gasteiger partial charge in [0.2, 0.25) is 0 Å². The highest BCUT2D eigenvalue weighted by atomic mass is 127. The molecule has 0 amide bonds. The third-order valence-corrected chi connectivity index (χ3v) is 3.99. The molecule has 1 rings (SSSR count). The molecule has 0 heterocycles. The SMILES string of the molecule is CCOCCOC1(CI)CCCC1. The van der Waals surface area contributed by atoms with Gasteiger partial charge in [-0.05, 0) is 19.8 Å². The fourth-order valence-electron chi connectivity index (χ4n) is 1.80. The van der Waals surface area contributed by atoms with E-state index in [-0.39, 0.29) is 5.60 Å². The lowest BCUT2D eigenvalue weighted by molar-refractivity contribution is -0.0463. The molecular weight excluding hydrogens is 279 g/mol.